The van der Waals surface area contributed by atoms with Crippen molar-refractivity contribution in [1.29, 1.82) is 0 Å². The Morgan fingerprint density at radius 3 is 2.57 bits per heavy atom. The Hall–Kier alpha value is -0.990. The molecule has 1 aromatic carbocycles. The molecule has 0 unspecified atom stereocenters. The minimum atomic E-state index is 0.0497. The Labute approximate surface area is 137 Å². The Kier molecular flexibility index (Phi) is 4.56. The van der Waals surface area contributed by atoms with Gasteiger partial charge in [0, 0.05) is 16.1 Å². The molecule has 1 saturated carbocycles. The van der Waals surface area contributed by atoms with Gasteiger partial charge in [0.25, 0.3) is 0 Å². The summed E-state index contributed by atoms with van der Waals surface area (Å²) in [7, 11) is 0. The quantitative estimate of drug-likeness (QED) is 0.611. The topological polar surface area (TPSA) is 71.2 Å². The first-order valence-electron chi connectivity index (χ1n) is 7.08. The molecule has 2 aromatic rings. The number of aromatic nitrogens is 3. The zero-order valence-corrected chi connectivity index (χ0v) is 13.7. The molecule has 0 aliphatic heterocycles. The van der Waals surface area contributed by atoms with Crippen LogP contribution >= 0.6 is 22.6 Å². The summed E-state index contributed by atoms with van der Waals surface area (Å²) in [5.41, 5.74) is 2.73. The van der Waals surface area contributed by atoms with Gasteiger partial charge in [-0.3, -0.25) is 0 Å². The van der Waals surface area contributed by atoms with Crippen LogP contribution in [0.3, 0.4) is 0 Å². The lowest BCUT2D eigenvalue weighted by atomic mass is 10.1. The minimum absolute atomic E-state index is 0.0497. The molecule has 3 atom stereocenters. The van der Waals surface area contributed by atoms with Gasteiger partial charge in [-0.2, -0.15) is 0 Å². The van der Waals surface area contributed by atoms with Crippen molar-refractivity contribution in [2.45, 2.75) is 29.4 Å². The molecule has 1 aliphatic rings. The Balaban J connectivity index is 1.79. The molecule has 2 N–H and O–H groups in total. The van der Waals surface area contributed by atoms with Crippen LogP contribution in [0.1, 0.15) is 24.4 Å². The van der Waals surface area contributed by atoms with Crippen LogP contribution in [0.5, 0.6) is 0 Å². The maximum Gasteiger partial charge on any atom is 0.113 e. The molecular weight excluding hydrogens is 381 g/mol. The summed E-state index contributed by atoms with van der Waals surface area (Å²) >= 11 is 2.44. The Morgan fingerprint density at radius 2 is 1.95 bits per heavy atom. The number of hydrogen-bond acceptors (Lipinski definition) is 4. The number of aliphatic hydroxyl groups is 2. The second-order valence-electron chi connectivity index (χ2n) is 5.54. The summed E-state index contributed by atoms with van der Waals surface area (Å²) in [6.45, 7) is 0.300. The van der Waals surface area contributed by atoms with Crippen LogP contribution in [0.4, 0.5) is 0 Å². The van der Waals surface area contributed by atoms with E-state index in [1.165, 1.54) is 0 Å². The fraction of sp³-hybridized carbons (Fsp3) is 0.467. The van der Waals surface area contributed by atoms with Crippen LogP contribution in [0.15, 0.2) is 30.5 Å². The van der Waals surface area contributed by atoms with Crippen molar-refractivity contribution in [2.24, 2.45) is 5.92 Å². The average molecular weight is 399 g/mol. The second kappa shape index (κ2) is 6.41. The number of alkyl halides is 1. The van der Waals surface area contributed by atoms with Crippen molar-refractivity contribution in [2.75, 3.05) is 6.61 Å². The largest absolute Gasteiger partial charge is 0.396 e. The predicted octanol–water partition coefficient (Wildman–Crippen LogP) is 2.18. The fourth-order valence-corrected chi connectivity index (χ4v) is 4.18. The first kappa shape index (κ1) is 14.9. The highest BCUT2D eigenvalue weighted by atomic mass is 127. The van der Waals surface area contributed by atoms with Gasteiger partial charge < -0.3 is 10.2 Å². The summed E-state index contributed by atoms with van der Waals surface area (Å²) in [5.74, 6) is 0.369. The molecule has 21 heavy (non-hydrogen) atoms. The standard InChI is InChI=1S/C15H18IN3O2/c16-13-5-11(9-21)6-15(13)19-7-14(17-18-19)12-3-1-10(8-20)2-4-12/h1-4,7,11,13,15,20-21H,5-6,8-9H2/t11-,13-,15-/m1/s1. The van der Waals surface area contributed by atoms with E-state index in [0.29, 0.717) is 15.9 Å². The van der Waals surface area contributed by atoms with Gasteiger partial charge in [-0.1, -0.05) is 52.1 Å². The molecule has 1 heterocycles. The molecule has 1 aromatic heterocycles. The van der Waals surface area contributed by atoms with Crippen molar-refractivity contribution < 1.29 is 10.2 Å². The van der Waals surface area contributed by atoms with E-state index in [2.05, 4.69) is 32.9 Å². The maximum absolute atomic E-state index is 9.31. The van der Waals surface area contributed by atoms with E-state index in [1.807, 2.05) is 35.1 Å². The van der Waals surface area contributed by atoms with E-state index in [9.17, 15) is 5.11 Å². The van der Waals surface area contributed by atoms with Crippen molar-refractivity contribution in [3.8, 4) is 11.3 Å². The van der Waals surface area contributed by atoms with Gasteiger partial charge in [0.15, 0.2) is 0 Å². The smallest absolute Gasteiger partial charge is 0.113 e. The van der Waals surface area contributed by atoms with Crippen LogP contribution < -0.4 is 0 Å². The van der Waals surface area contributed by atoms with Gasteiger partial charge in [0.1, 0.15) is 5.69 Å². The van der Waals surface area contributed by atoms with E-state index >= 15 is 0 Å². The highest BCUT2D eigenvalue weighted by Crippen LogP contribution is 2.39. The first-order valence-corrected chi connectivity index (χ1v) is 8.32. The molecule has 0 radical (unpaired) electrons. The minimum Gasteiger partial charge on any atom is -0.396 e. The number of aliphatic hydroxyl groups excluding tert-OH is 2. The zero-order chi connectivity index (χ0) is 14.8. The third-order valence-corrected chi connectivity index (χ3v) is 5.43. The van der Waals surface area contributed by atoms with Crippen LogP contribution in [-0.2, 0) is 6.61 Å². The predicted molar refractivity (Wildman–Crippen MR) is 88.0 cm³/mol. The van der Waals surface area contributed by atoms with Gasteiger partial charge in [-0.25, -0.2) is 4.68 Å². The van der Waals surface area contributed by atoms with Crippen LogP contribution in [0, 0.1) is 5.92 Å². The van der Waals surface area contributed by atoms with Crippen molar-refractivity contribution in [3.05, 3.63) is 36.0 Å². The Bertz CT molecular complexity index is 599. The molecule has 1 aliphatic carbocycles. The van der Waals surface area contributed by atoms with Gasteiger partial charge in [0.05, 0.1) is 18.8 Å². The number of benzene rings is 1. The van der Waals surface area contributed by atoms with E-state index in [4.69, 9.17) is 5.11 Å². The molecular formula is C15H18IN3O2. The van der Waals surface area contributed by atoms with Gasteiger partial charge >= 0.3 is 0 Å². The lowest BCUT2D eigenvalue weighted by Gasteiger charge is -2.13. The lowest BCUT2D eigenvalue weighted by Crippen LogP contribution is -2.14. The molecule has 0 amide bonds. The van der Waals surface area contributed by atoms with Crippen LogP contribution in [0.25, 0.3) is 11.3 Å². The monoisotopic (exact) mass is 399 g/mol. The third-order valence-electron chi connectivity index (χ3n) is 4.09. The van der Waals surface area contributed by atoms with E-state index in [-0.39, 0.29) is 13.2 Å². The van der Waals surface area contributed by atoms with E-state index in [0.717, 1.165) is 29.7 Å². The summed E-state index contributed by atoms with van der Waals surface area (Å²) in [6.07, 6.45) is 3.96. The molecule has 0 bridgehead atoms. The first-order chi connectivity index (χ1) is 10.2. The number of halogens is 1. The van der Waals surface area contributed by atoms with Gasteiger partial charge in [-0.05, 0) is 24.3 Å². The second-order valence-corrected chi connectivity index (χ2v) is 7.14. The highest BCUT2D eigenvalue weighted by Gasteiger charge is 2.34. The van der Waals surface area contributed by atoms with Gasteiger partial charge in [0.2, 0.25) is 0 Å². The molecule has 0 spiro atoms. The van der Waals surface area contributed by atoms with E-state index in [1.54, 1.807) is 0 Å². The molecule has 112 valence electrons. The zero-order valence-electron chi connectivity index (χ0n) is 11.6. The molecule has 6 heteroatoms. The van der Waals surface area contributed by atoms with Gasteiger partial charge in [-0.15, -0.1) is 5.10 Å². The molecule has 3 rings (SSSR count). The highest BCUT2D eigenvalue weighted by molar-refractivity contribution is 14.1. The lowest BCUT2D eigenvalue weighted by molar-refractivity contribution is 0.225. The Morgan fingerprint density at radius 1 is 1.19 bits per heavy atom. The molecule has 0 saturated heterocycles. The summed E-state index contributed by atoms with van der Waals surface area (Å²) in [5, 5.41) is 26.9. The third kappa shape index (κ3) is 3.12. The molecule has 1 fully saturated rings. The number of rotatable bonds is 4. The number of hydrogen-bond donors (Lipinski definition) is 2. The van der Waals surface area contributed by atoms with Crippen molar-refractivity contribution in [1.82, 2.24) is 15.0 Å². The maximum atomic E-state index is 9.31. The van der Waals surface area contributed by atoms with Crippen molar-refractivity contribution >= 4 is 22.6 Å². The van der Waals surface area contributed by atoms with E-state index < -0.39 is 0 Å². The normalized spacial score (nSPS) is 25.4. The molecule has 5 nitrogen and oxygen atoms in total. The fourth-order valence-electron chi connectivity index (χ4n) is 2.84. The van der Waals surface area contributed by atoms with Crippen LogP contribution in [0.2, 0.25) is 0 Å². The van der Waals surface area contributed by atoms with Crippen molar-refractivity contribution in [3.63, 3.8) is 0 Å². The summed E-state index contributed by atoms with van der Waals surface area (Å²) < 4.78 is 2.41. The SMILES string of the molecule is OCc1ccc(-c2cn([C@@H]3C[C@H](CO)C[C@H]3I)nn2)cc1. The summed E-state index contributed by atoms with van der Waals surface area (Å²) in [4.78, 5) is 0. The summed E-state index contributed by atoms with van der Waals surface area (Å²) in [6, 6.07) is 8.00. The average Bonchev–Trinajstić information content (AvgIpc) is 3.13. The number of nitrogens with zero attached hydrogens (tertiary/aromatic N) is 3. The van der Waals surface area contributed by atoms with Crippen LogP contribution in [-0.4, -0.2) is 35.7 Å².